The Kier molecular flexibility index (Phi) is 8.18. The van der Waals surface area contributed by atoms with Crippen LogP contribution in [0.25, 0.3) is 10.9 Å². The number of amides is 2. The van der Waals surface area contributed by atoms with Crippen molar-refractivity contribution in [1.29, 1.82) is 0 Å². The van der Waals surface area contributed by atoms with E-state index in [-0.39, 0.29) is 24.1 Å². The van der Waals surface area contributed by atoms with Crippen LogP contribution in [-0.2, 0) is 30.3 Å². The van der Waals surface area contributed by atoms with Gasteiger partial charge in [0.15, 0.2) is 5.12 Å². The lowest BCUT2D eigenvalue weighted by atomic mass is 9.94. The van der Waals surface area contributed by atoms with Crippen LogP contribution in [0.2, 0.25) is 0 Å². The first kappa shape index (κ1) is 24.8. The third-order valence-electron chi connectivity index (χ3n) is 5.94. The quantitative estimate of drug-likeness (QED) is 0.482. The summed E-state index contributed by atoms with van der Waals surface area (Å²) >= 11 is 0.925. The van der Waals surface area contributed by atoms with Gasteiger partial charge in [-0.2, -0.15) is 0 Å². The highest BCUT2D eigenvalue weighted by Gasteiger charge is 2.44. The number of aromatic amines is 1. The predicted octanol–water partition coefficient (Wildman–Crippen LogP) is 2.86. The van der Waals surface area contributed by atoms with E-state index in [0.717, 1.165) is 41.1 Å². The fourth-order valence-corrected chi connectivity index (χ4v) is 4.94. The number of esters is 1. The Morgan fingerprint density at radius 1 is 1.18 bits per heavy atom. The van der Waals surface area contributed by atoms with Gasteiger partial charge in [-0.05, 0) is 38.3 Å². The maximum Gasteiger partial charge on any atom is 0.328 e. The maximum absolute atomic E-state index is 13.4. The third kappa shape index (κ3) is 5.96. The number of rotatable bonds is 9. The standard InChI is InChI=1S/C24H31N3O5S/c1-4-32-22(30)20(13-17-14-25-19-10-6-5-9-18(17)19)26-23(31)24(11-7-8-12-24)27-21(29)15(2)33-16(3)28/h5-6,9-10,14-15,20,25H,4,7-8,11-13H2,1-3H3,(H,26,31)(H,27,29)/t15-,20-/m0/s1. The van der Waals surface area contributed by atoms with Crippen molar-refractivity contribution in [3.63, 3.8) is 0 Å². The Morgan fingerprint density at radius 2 is 1.88 bits per heavy atom. The number of hydrogen-bond acceptors (Lipinski definition) is 6. The predicted molar refractivity (Wildman–Crippen MR) is 128 cm³/mol. The Morgan fingerprint density at radius 3 is 2.55 bits per heavy atom. The van der Waals surface area contributed by atoms with Gasteiger partial charge in [-0.3, -0.25) is 14.4 Å². The van der Waals surface area contributed by atoms with E-state index in [1.54, 1.807) is 13.8 Å². The zero-order valence-electron chi connectivity index (χ0n) is 19.2. The monoisotopic (exact) mass is 473 g/mol. The summed E-state index contributed by atoms with van der Waals surface area (Å²) in [6, 6.07) is 6.85. The minimum atomic E-state index is -1.10. The average Bonchev–Trinajstić information content (AvgIpc) is 3.41. The number of fused-ring (bicyclic) bond motifs is 1. The van der Waals surface area contributed by atoms with Crippen molar-refractivity contribution in [3.05, 3.63) is 36.0 Å². The summed E-state index contributed by atoms with van der Waals surface area (Å²) in [5, 5.41) is 5.93. The van der Waals surface area contributed by atoms with E-state index >= 15 is 0 Å². The second-order valence-electron chi connectivity index (χ2n) is 8.37. The molecule has 178 valence electrons. The fraction of sp³-hybridized carbons (Fsp3) is 0.500. The molecule has 0 saturated heterocycles. The Labute approximate surface area is 197 Å². The minimum Gasteiger partial charge on any atom is -0.464 e. The number of H-pyrrole nitrogens is 1. The molecule has 1 aromatic carbocycles. The van der Waals surface area contributed by atoms with Crippen molar-refractivity contribution in [1.82, 2.24) is 15.6 Å². The zero-order chi connectivity index (χ0) is 24.0. The number of aromatic nitrogens is 1. The van der Waals surface area contributed by atoms with Crippen LogP contribution in [0.4, 0.5) is 0 Å². The largest absolute Gasteiger partial charge is 0.464 e. The van der Waals surface area contributed by atoms with E-state index in [1.807, 2.05) is 30.5 Å². The third-order valence-corrected chi connectivity index (χ3v) is 6.84. The molecule has 0 radical (unpaired) electrons. The lowest BCUT2D eigenvalue weighted by molar-refractivity contribution is -0.148. The van der Waals surface area contributed by atoms with Gasteiger partial charge in [-0.25, -0.2) is 4.79 Å². The van der Waals surface area contributed by atoms with E-state index < -0.39 is 28.7 Å². The molecule has 0 bridgehead atoms. The maximum atomic E-state index is 13.4. The molecule has 3 rings (SSSR count). The summed E-state index contributed by atoms with van der Waals surface area (Å²) in [4.78, 5) is 53.5. The summed E-state index contributed by atoms with van der Waals surface area (Å²) in [6.45, 7) is 4.96. The second kappa shape index (κ2) is 10.9. The molecular formula is C24H31N3O5S. The molecule has 2 amide bonds. The molecule has 9 heteroatoms. The number of para-hydroxylation sites is 1. The molecule has 1 heterocycles. The van der Waals surface area contributed by atoms with Crippen LogP contribution >= 0.6 is 11.8 Å². The number of thioether (sulfide) groups is 1. The van der Waals surface area contributed by atoms with Gasteiger partial charge in [-0.1, -0.05) is 42.8 Å². The van der Waals surface area contributed by atoms with E-state index in [2.05, 4.69) is 15.6 Å². The average molecular weight is 474 g/mol. The summed E-state index contributed by atoms with van der Waals surface area (Å²) in [6.07, 6.45) is 4.62. The molecule has 1 fully saturated rings. The number of ether oxygens (including phenoxy) is 1. The summed E-state index contributed by atoms with van der Waals surface area (Å²) in [5.74, 6) is -1.28. The Hall–Kier alpha value is -2.81. The first-order valence-electron chi connectivity index (χ1n) is 11.3. The lowest BCUT2D eigenvalue weighted by Gasteiger charge is -2.31. The fourth-order valence-electron chi connectivity index (χ4n) is 4.28. The SMILES string of the molecule is CCOC(=O)[C@H](Cc1c[nH]c2ccccc12)NC(=O)C1(NC(=O)[C@H](C)SC(C)=O)CCCC1. The minimum absolute atomic E-state index is 0.163. The summed E-state index contributed by atoms with van der Waals surface area (Å²) in [5.41, 5.74) is 0.728. The lowest BCUT2D eigenvalue weighted by Crippen LogP contribution is -2.61. The summed E-state index contributed by atoms with van der Waals surface area (Å²) < 4.78 is 5.23. The number of carbonyl (C=O) groups is 4. The van der Waals surface area contributed by atoms with Crippen LogP contribution in [0.1, 0.15) is 52.0 Å². The van der Waals surface area contributed by atoms with Crippen molar-refractivity contribution >= 4 is 45.6 Å². The molecule has 1 saturated carbocycles. The van der Waals surface area contributed by atoms with Crippen LogP contribution < -0.4 is 10.6 Å². The van der Waals surface area contributed by atoms with Crippen molar-refractivity contribution < 1.29 is 23.9 Å². The van der Waals surface area contributed by atoms with E-state index in [0.29, 0.717) is 12.8 Å². The molecular weight excluding hydrogens is 442 g/mol. The number of nitrogens with one attached hydrogen (secondary N) is 3. The first-order valence-corrected chi connectivity index (χ1v) is 12.2. The van der Waals surface area contributed by atoms with Gasteiger partial charge >= 0.3 is 5.97 Å². The first-order chi connectivity index (χ1) is 15.8. The zero-order valence-corrected chi connectivity index (χ0v) is 20.1. The van der Waals surface area contributed by atoms with Crippen LogP contribution in [0.3, 0.4) is 0 Å². The number of benzene rings is 1. The highest BCUT2D eigenvalue weighted by atomic mass is 32.2. The molecule has 0 spiro atoms. The molecule has 3 N–H and O–H groups in total. The van der Waals surface area contributed by atoms with Gasteiger partial charge in [0.2, 0.25) is 11.8 Å². The second-order valence-corrected chi connectivity index (χ2v) is 9.89. The van der Waals surface area contributed by atoms with Crippen molar-refractivity contribution in [2.24, 2.45) is 0 Å². The van der Waals surface area contributed by atoms with Crippen LogP contribution in [0.15, 0.2) is 30.5 Å². The van der Waals surface area contributed by atoms with E-state index in [4.69, 9.17) is 4.74 Å². The molecule has 1 aliphatic carbocycles. The highest BCUT2D eigenvalue weighted by Crippen LogP contribution is 2.31. The van der Waals surface area contributed by atoms with Gasteiger partial charge < -0.3 is 20.4 Å². The molecule has 8 nitrogen and oxygen atoms in total. The molecule has 2 atom stereocenters. The van der Waals surface area contributed by atoms with Gasteiger partial charge in [-0.15, -0.1) is 0 Å². The molecule has 2 aromatic rings. The van der Waals surface area contributed by atoms with Crippen molar-refractivity contribution in [2.75, 3.05) is 6.61 Å². The van der Waals surface area contributed by atoms with Crippen molar-refractivity contribution in [2.45, 2.75) is 69.7 Å². The Bertz CT molecular complexity index is 1030. The molecule has 1 aliphatic rings. The Balaban J connectivity index is 1.79. The van der Waals surface area contributed by atoms with Crippen molar-refractivity contribution in [3.8, 4) is 0 Å². The van der Waals surface area contributed by atoms with Crippen LogP contribution in [0.5, 0.6) is 0 Å². The van der Waals surface area contributed by atoms with Gasteiger partial charge in [0.1, 0.15) is 11.6 Å². The molecule has 0 aliphatic heterocycles. The summed E-state index contributed by atoms with van der Waals surface area (Å²) in [7, 11) is 0. The van der Waals surface area contributed by atoms with Crippen LogP contribution in [-0.4, -0.2) is 51.3 Å². The molecule has 33 heavy (non-hydrogen) atoms. The molecule has 0 unspecified atom stereocenters. The van der Waals surface area contributed by atoms with Gasteiger partial charge in [0, 0.05) is 30.4 Å². The van der Waals surface area contributed by atoms with Gasteiger partial charge in [0.25, 0.3) is 0 Å². The normalized spacial score (nSPS) is 16.7. The van der Waals surface area contributed by atoms with E-state index in [1.165, 1.54) is 6.92 Å². The number of hydrogen-bond donors (Lipinski definition) is 3. The molecule has 1 aromatic heterocycles. The van der Waals surface area contributed by atoms with E-state index in [9.17, 15) is 19.2 Å². The topological polar surface area (TPSA) is 117 Å². The van der Waals surface area contributed by atoms with Crippen LogP contribution in [0, 0.1) is 0 Å². The number of carbonyl (C=O) groups excluding carboxylic acids is 4. The smallest absolute Gasteiger partial charge is 0.328 e. The van der Waals surface area contributed by atoms with Gasteiger partial charge in [0.05, 0.1) is 11.9 Å². The highest BCUT2D eigenvalue weighted by molar-refractivity contribution is 8.14.